The normalized spacial score (nSPS) is 11.3. The van der Waals surface area contributed by atoms with Crippen LogP contribution in [0, 0.1) is 5.82 Å². The summed E-state index contributed by atoms with van der Waals surface area (Å²) in [5.41, 5.74) is 0.953. The van der Waals surface area contributed by atoms with Gasteiger partial charge in [-0.3, -0.25) is 4.79 Å². The second-order valence-electron chi connectivity index (χ2n) is 6.70. The molecule has 0 unspecified atom stereocenters. The largest absolute Gasteiger partial charge is 0.490 e. The monoisotopic (exact) mass is 453 g/mol. The lowest BCUT2D eigenvalue weighted by molar-refractivity contribution is -0.119. The van der Waals surface area contributed by atoms with E-state index in [1.807, 2.05) is 13.8 Å². The van der Waals surface area contributed by atoms with Gasteiger partial charge in [-0.05, 0) is 55.8 Å². The van der Waals surface area contributed by atoms with Crippen LogP contribution in [0.2, 0.25) is 0 Å². The molecule has 8 nitrogen and oxygen atoms in total. The average molecular weight is 454 g/mol. The zero-order chi connectivity index (χ0) is 23.0. The minimum absolute atomic E-state index is 0.171. The maximum absolute atomic E-state index is 13.3. The molecule has 0 saturated heterocycles. The first-order chi connectivity index (χ1) is 14.7. The summed E-state index contributed by atoms with van der Waals surface area (Å²) in [6, 6.07) is 10.2. The van der Waals surface area contributed by atoms with E-state index >= 15 is 0 Å². The van der Waals surface area contributed by atoms with Crippen LogP contribution in [0.25, 0.3) is 0 Å². The number of hydrogen-bond donors (Lipinski definition) is 1. The second-order valence-corrected chi connectivity index (χ2v) is 8.76. The number of amides is 1. The Labute approximate surface area is 182 Å². The van der Waals surface area contributed by atoms with Crippen molar-refractivity contribution in [3.05, 3.63) is 53.8 Å². The van der Waals surface area contributed by atoms with Crippen LogP contribution in [0.4, 0.5) is 10.1 Å². The Morgan fingerprint density at radius 3 is 2.19 bits per heavy atom. The highest BCUT2D eigenvalue weighted by Gasteiger charge is 2.27. The van der Waals surface area contributed by atoms with E-state index in [1.54, 1.807) is 18.2 Å². The average Bonchev–Trinajstić information content (AvgIpc) is 2.73. The van der Waals surface area contributed by atoms with Crippen LogP contribution < -0.4 is 19.1 Å². The second kappa shape index (κ2) is 11.0. The molecule has 0 aliphatic carbocycles. The SMILES string of the molecule is CCOc1ccc(CNC(=O)CN(c2ccc(F)cc2)S(=O)(=O)N(C)C)cc1OCC. The van der Waals surface area contributed by atoms with E-state index in [1.165, 1.54) is 26.2 Å². The molecule has 0 atom stereocenters. The minimum Gasteiger partial charge on any atom is -0.490 e. The maximum Gasteiger partial charge on any atom is 0.304 e. The Morgan fingerprint density at radius 2 is 1.61 bits per heavy atom. The number of nitrogens with one attached hydrogen (secondary N) is 1. The van der Waals surface area contributed by atoms with Gasteiger partial charge in [0.05, 0.1) is 18.9 Å². The van der Waals surface area contributed by atoms with Crippen LogP contribution in [0.3, 0.4) is 0 Å². The predicted molar refractivity (Wildman–Crippen MR) is 117 cm³/mol. The first-order valence-electron chi connectivity index (χ1n) is 9.80. The fourth-order valence-electron chi connectivity index (χ4n) is 2.70. The van der Waals surface area contributed by atoms with E-state index < -0.39 is 28.5 Å². The standard InChI is InChI=1S/C21H28FN3O5S/c1-5-29-19-12-7-16(13-20(19)30-6-2)14-23-21(26)15-25(31(27,28)24(3)4)18-10-8-17(22)9-11-18/h7-13H,5-6,14-15H2,1-4H3,(H,23,26). The van der Waals surface area contributed by atoms with Crippen LogP contribution in [-0.4, -0.2) is 52.5 Å². The molecular weight excluding hydrogens is 425 g/mol. The first kappa shape index (κ1) is 24.4. The third kappa shape index (κ3) is 6.56. The Morgan fingerprint density at radius 1 is 1.00 bits per heavy atom. The van der Waals surface area contributed by atoms with E-state index in [0.29, 0.717) is 24.7 Å². The van der Waals surface area contributed by atoms with Gasteiger partial charge in [0.2, 0.25) is 5.91 Å². The highest BCUT2D eigenvalue weighted by Crippen LogP contribution is 2.28. The lowest BCUT2D eigenvalue weighted by Crippen LogP contribution is -2.45. The van der Waals surface area contributed by atoms with Crippen molar-refractivity contribution in [2.45, 2.75) is 20.4 Å². The fourth-order valence-corrected chi connectivity index (χ4v) is 3.77. The molecule has 0 radical (unpaired) electrons. The van der Waals surface area contributed by atoms with Crippen molar-refractivity contribution < 1.29 is 27.1 Å². The van der Waals surface area contributed by atoms with Crippen LogP contribution in [0.15, 0.2) is 42.5 Å². The van der Waals surface area contributed by atoms with Gasteiger partial charge in [-0.1, -0.05) is 6.07 Å². The molecule has 0 aromatic heterocycles. The maximum atomic E-state index is 13.3. The van der Waals surface area contributed by atoms with Gasteiger partial charge in [0.1, 0.15) is 12.4 Å². The Bertz CT molecular complexity index is 981. The number of carbonyl (C=O) groups is 1. The van der Waals surface area contributed by atoms with Crippen molar-refractivity contribution in [2.75, 3.05) is 38.2 Å². The van der Waals surface area contributed by atoms with Crippen molar-refractivity contribution in [3.63, 3.8) is 0 Å². The Kier molecular flexibility index (Phi) is 8.64. The lowest BCUT2D eigenvalue weighted by atomic mass is 10.2. The van der Waals surface area contributed by atoms with E-state index in [-0.39, 0.29) is 12.2 Å². The van der Waals surface area contributed by atoms with Crippen LogP contribution in [0.5, 0.6) is 11.5 Å². The summed E-state index contributed by atoms with van der Waals surface area (Å²) >= 11 is 0. The number of rotatable bonds is 11. The number of carbonyl (C=O) groups excluding carboxylic acids is 1. The van der Waals surface area contributed by atoms with Crippen molar-refractivity contribution in [2.24, 2.45) is 0 Å². The van der Waals surface area contributed by atoms with Crippen LogP contribution in [-0.2, 0) is 21.5 Å². The summed E-state index contributed by atoms with van der Waals surface area (Å²) in [6.07, 6.45) is 0. The molecular formula is C21H28FN3O5S. The molecule has 0 fully saturated rings. The number of halogens is 1. The molecule has 2 aromatic carbocycles. The van der Waals surface area contributed by atoms with E-state index in [4.69, 9.17) is 9.47 Å². The zero-order valence-electron chi connectivity index (χ0n) is 18.1. The number of nitrogens with zero attached hydrogens (tertiary/aromatic N) is 2. The third-order valence-electron chi connectivity index (χ3n) is 4.24. The predicted octanol–water partition coefficient (Wildman–Crippen LogP) is 2.55. The topological polar surface area (TPSA) is 88.2 Å². The van der Waals surface area contributed by atoms with Gasteiger partial charge in [-0.15, -0.1) is 0 Å². The molecule has 1 amide bonds. The quantitative estimate of drug-likeness (QED) is 0.565. The molecule has 170 valence electrons. The van der Waals surface area contributed by atoms with E-state index in [2.05, 4.69) is 5.32 Å². The van der Waals surface area contributed by atoms with E-state index in [9.17, 15) is 17.6 Å². The highest BCUT2D eigenvalue weighted by atomic mass is 32.2. The van der Waals surface area contributed by atoms with Gasteiger partial charge in [-0.2, -0.15) is 12.7 Å². The molecule has 0 bridgehead atoms. The summed E-state index contributed by atoms with van der Waals surface area (Å²) in [4.78, 5) is 12.6. The van der Waals surface area contributed by atoms with Gasteiger partial charge < -0.3 is 14.8 Å². The molecule has 0 heterocycles. The summed E-state index contributed by atoms with van der Waals surface area (Å²) in [5, 5.41) is 2.71. The molecule has 2 rings (SSSR count). The van der Waals surface area contributed by atoms with Gasteiger partial charge in [0.15, 0.2) is 11.5 Å². The third-order valence-corrected chi connectivity index (χ3v) is 6.06. The molecule has 2 aromatic rings. The van der Waals surface area contributed by atoms with Gasteiger partial charge in [0, 0.05) is 20.6 Å². The molecule has 0 aliphatic heterocycles. The molecule has 31 heavy (non-hydrogen) atoms. The number of ether oxygens (including phenoxy) is 2. The van der Waals surface area contributed by atoms with Crippen molar-refractivity contribution >= 4 is 21.8 Å². The van der Waals surface area contributed by atoms with Crippen LogP contribution in [0.1, 0.15) is 19.4 Å². The van der Waals surface area contributed by atoms with E-state index in [0.717, 1.165) is 26.3 Å². The molecule has 0 saturated carbocycles. The number of anilines is 1. The summed E-state index contributed by atoms with van der Waals surface area (Å²) in [5.74, 6) is 0.163. The fraction of sp³-hybridized carbons (Fsp3) is 0.381. The summed E-state index contributed by atoms with van der Waals surface area (Å²) < 4.78 is 51.7. The highest BCUT2D eigenvalue weighted by molar-refractivity contribution is 7.90. The summed E-state index contributed by atoms with van der Waals surface area (Å²) in [7, 11) is -1.24. The molecule has 1 N–H and O–H groups in total. The first-order valence-corrected chi connectivity index (χ1v) is 11.2. The van der Waals surface area contributed by atoms with Crippen molar-refractivity contribution in [1.29, 1.82) is 0 Å². The van der Waals surface area contributed by atoms with Crippen molar-refractivity contribution in [1.82, 2.24) is 9.62 Å². The number of hydrogen-bond acceptors (Lipinski definition) is 5. The van der Waals surface area contributed by atoms with Gasteiger partial charge in [0.25, 0.3) is 0 Å². The number of benzene rings is 2. The van der Waals surface area contributed by atoms with Gasteiger partial charge in [-0.25, -0.2) is 8.70 Å². The lowest BCUT2D eigenvalue weighted by Gasteiger charge is -2.27. The molecule has 10 heteroatoms. The van der Waals surface area contributed by atoms with Gasteiger partial charge >= 0.3 is 10.2 Å². The van der Waals surface area contributed by atoms with Crippen LogP contribution >= 0.6 is 0 Å². The zero-order valence-corrected chi connectivity index (χ0v) is 18.9. The molecule has 0 spiro atoms. The smallest absolute Gasteiger partial charge is 0.304 e. The minimum atomic E-state index is -3.96. The Balaban J connectivity index is 2.14. The summed E-state index contributed by atoms with van der Waals surface area (Å²) in [6.45, 7) is 4.41. The van der Waals surface area contributed by atoms with Crippen molar-refractivity contribution in [3.8, 4) is 11.5 Å². The Hall–Kier alpha value is -2.85. The molecule has 0 aliphatic rings.